The van der Waals surface area contributed by atoms with E-state index in [-0.39, 0.29) is 18.4 Å². The molecule has 0 aromatic heterocycles. The van der Waals surface area contributed by atoms with Crippen molar-refractivity contribution in [1.82, 2.24) is 14.7 Å². The maximum Gasteiger partial charge on any atom is 0.325 e. The summed E-state index contributed by atoms with van der Waals surface area (Å²) >= 11 is 0. The van der Waals surface area contributed by atoms with Crippen LogP contribution in [0.1, 0.15) is 35.7 Å². The van der Waals surface area contributed by atoms with Gasteiger partial charge in [0.15, 0.2) is 5.96 Å². The Labute approximate surface area is 178 Å². The first-order valence-corrected chi connectivity index (χ1v) is 10.7. The number of nitrogens with zero attached hydrogens (tertiary/aromatic N) is 4. The number of carbonyl (C=O) groups is 2. The van der Waals surface area contributed by atoms with Crippen LogP contribution in [0.5, 0.6) is 5.75 Å². The van der Waals surface area contributed by atoms with Crippen molar-refractivity contribution in [2.45, 2.75) is 26.2 Å². The lowest BCUT2D eigenvalue weighted by Crippen LogP contribution is -2.43. The first kappa shape index (κ1) is 21.9. The smallest absolute Gasteiger partial charge is 0.325 e. The fourth-order valence-electron chi connectivity index (χ4n) is 3.83. The molecule has 8 heteroatoms. The number of aliphatic imine (C=N–C) groups is 1. The Hall–Kier alpha value is -2.77. The Morgan fingerprint density at radius 3 is 2.90 bits per heavy atom. The molecule has 164 valence electrons. The highest BCUT2D eigenvalue weighted by Gasteiger charge is 2.26. The van der Waals surface area contributed by atoms with E-state index < -0.39 is 0 Å². The van der Waals surface area contributed by atoms with Crippen LogP contribution in [0.2, 0.25) is 0 Å². The average Bonchev–Trinajstić information content (AvgIpc) is 2.73. The van der Waals surface area contributed by atoms with Crippen molar-refractivity contribution in [3.63, 3.8) is 0 Å². The van der Waals surface area contributed by atoms with E-state index >= 15 is 0 Å². The second-order valence-electron chi connectivity index (χ2n) is 7.68. The molecule has 3 rings (SSSR count). The van der Waals surface area contributed by atoms with Gasteiger partial charge in [0.1, 0.15) is 12.3 Å². The molecule has 1 aromatic carbocycles. The lowest BCUT2D eigenvalue weighted by Gasteiger charge is -2.32. The Morgan fingerprint density at radius 1 is 1.30 bits per heavy atom. The zero-order valence-corrected chi connectivity index (χ0v) is 18.2. The minimum atomic E-state index is -0.371. The van der Waals surface area contributed by atoms with E-state index in [4.69, 9.17) is 9.47 Å². The van der Waals surface area contributed by atoms with Crippen LogP contribution in [-0.2, 0) is 16.0 Å². The number of fused-ring (bicyclic) bond motifs is 1. The predicted molar refractivity (Wildman–Crippen MR) is 115 cm³/mol. The molecule has 2 aliphatic heterocycles. The standard InChI is InChI=1S/C22H32N4O4/c1-4-29-20(27)16-26-13-9-17-15-18(7-8-19(17)21(26)28)30-14-6-12-25(3)22-23-10-5-11-24(22)2/h7-8,15H,4-6,9-14,16H2,1-3H3. The van der Waals surface area contributed by atoms with E-state index in [9.17, 15) is 9.59 Å². The quantitative estimate of drug-likeness (QED) is 0.474. The predicted octanol–water partition coefficient (Wildman–Crippen LogP) is 1.64. The normalized spacial score (nSPS) is 16.1. The highest BCUT2D eigenvalue weighted by molar-refractivity contribution is 5.98. The maximum atomic E-state index is 12.6. The molecule has 0 atom stereocenters. The Bertz CT molecular complexity index is 795. The van der Waals surface area contributed by atoms with Gasteiger partial charge in [-0.15, -0.1) is 0 Å². The summed E-state index contributed by atoms with van der Waals surface area (Å²) in [6.07, 6.45) is 2.69. The number of rotatable bonds is 8. The number of hydrogen-bond acceptors (Lipinski definition) is 7. The van der Waals surface area contributed by atoms with Crippen molar-refractivity contribution in [3.05, 3.63) is 29.3 Å². The molecule has 0 bridgehead atoms. The van der Waals surface area contributed by atoms with E-state index in [1.807, 2.05) is 12.1 Å². The number of benzene rings is 1. The minimum absolute atomic E-state index is 0.00162. The third-order valence-electron chi connectivity index (χ3n) is 5.36. The number of carbonyl (C=O) groups excluding carboxylic acids is 2. The topological polar surface area (TPSA) is 74.7 Å². The van der Waals surface area contributed by atoms with Crippen LogP contribution in [0.3, 0.4) is 0 Å². The molecular formula is C22H32N4O4. The van der Waals surface area contributed by atoms with E-state index in [0.29, 0.717) is 31.7 Å². The van der Waals surface area contributed by atoms with Crippen LogP contribution < -0.4 is 4.74 Å². The van der Waals surface area contributed by atoms with Gasteiger partial charge in [-0.1, -0.05) is 0 Å². The van der Waals surface area contributed by atoms with Gasteiger partial charge in [0.05, 0.1) is 13.2 Å². The minimum Gasteiger partial charge on any atom is -0.494 e. The fraction of sp³-hybridized carbons (Fsp3) is 0.591. The lowest BCUT2D eigenvalue weighted by atomic mass is 9.98. The summed E-state index contributed by atoms with van der Waals surface area (Å²) in [4.78, 5) is 34.8. The monoisotopic (exact) mass is 416 g/mol. The molecule has 1 amide bonds. The van der Waals surface area contributed by atoms with Crippen molar-refractivity contribution in [2.24, 2.45) is 4.99 Å². The highest BCUT2D eigenvalue weighted by Crippen LogP contribution is 2.24. The van der Waals surface area contributed by atoms with Crippen LogP contribution in [0, 0.1) is 0 Å². The van der Waals surface area contributed by atoms with Crippen molar-refractivity contribution in [1.29, 1.82) is 0 Å². The molecule has 2 aliphatic rings. The molecule has 0 aliphatic carbocycles. The third kappa shape index (κ3) is 5.43. The number of ether oxygens (including phenoxy) is 2. The number of guanidine groups is 1. The average molecular weight is 417 g/mol. The summed E-state index contributed by atoms with van der Waals surface area (Å²) in [5, 5.41) is 0. The fourth-order valence-corrected chi connectivity index (χ4v) is 3.83. The van der Waals surface area contributed by atoms with Gasteiger partial charge < -0.3 is 24.2 Å². The summed E-state index contributed by atoms with van der Waals surface area (Å²) in [5.74, 6) is 1.32. The second-order valence-corrected chi connectivity index (χ2v) is 7.68. The Kier molecular flexibility index (Phi) is 7.54. The van der Waals surface area contributed by atoms with Gasteiger partial charge >= 0.3 is 5.97 Å². The van der Waals surface area contributed by atoms with Crippen LogP contribution in [-0.4, -0.2) is 92.6 Å². The van der Waals surface area contributed by atoms with Crippen LogP contribution in [0.4, 0.5) is 0 Å². The summed E-state index contributed by atoms with van der Waals surface area (Å²) in [5.41, 5.74) is 1.60. The molecule has 0 spiro atoms. The number of esters is 1. The highest BCUT2D eigenvalue weighted by atomic mass is 16.5. The zero-order chi connectivity index (χ0) is 21.5. The van der Waals surface area contributed by atoms with Gasteiger partial charge in [-0.05, 0) is 49.9 Å². The number of amides is 1. The van der Waals surface area contributed by atoms with Gasteiger partial charge in [0.25, 0.3) is 5.91 Å². The van der Waals surface area contributed by atoms with Crippen molar-refractivity contribution < 1.29 is 19.1 Å². The first-order chi connectivity index (χ1) is 14.5. The summed E-state index contributed by atoms with van der Waals surface area (Å²) < 4.78 is 10.9. The van der Waals surface area contributed by atoms with Gasteiger partial charge in [-0.3, -0.25) is 14.6 Å². The van der Waals surface area contributed by atoms with Crippen molar-refractivity contribution >= 4 is 17.8 Å². The molecule has 0 fully saturated rings. The molecule has 0 saturated heterocycles. The third-order valence-corrected chi connectivity index (χ3v) is 5.36. The van der Waals surface area contributed by atoms with Crippen LogP contribution >= 0.6 is 0 Å². The largest absolute Gasteiger partial charge is 0.494 e. The van der Waals surface area contributed by atoms with Gasteiger partial charge in [-0.2, -0.15) is 0 Å². The van der Waals surface area contributed by atoms with Crippen LogP contribution in [0.15, 0.2) is 23.2 Å². The molecule has 1 aromatic rings. The van der Waals surface area contributed by atoms with Crippen molar-refractivity contribution in [3.8, 4) is 5.75 Å². The molecular weight excluding hydrogens is 384 g/mol. The lowest BCUT2D eigenvalue weighted by molar-refractivity contribution is -0.143. The molecule has 0 radical (unpaired) electrons. The van der Waals surface area contributed by atoms with Gasteiger partial charge in [-0.25, -0.2) is 0 Å². The zero-order valence-electron chi connectivity index (χ0n) is 18.2. The molecule has 0 saturated carbocycles. The molecule has 30 heavy (non-hydrogen) atoms. The Balaban J connectivity index is 1.48. The van der Waals surface area contributed by atoms with E-state index in [1.54, 1.807) is 17.9 Å². The molecule has 0 unspecified atom stereocenters. The van der Waals surface area contributed by atoms with E-state index in [2.05, 4.69) is 28.9 Å². The second kappa shape index (κ2) is 10.3. The molecule has 2 heterocycles. The Morgan fingerprint density at radius 2 is 2.13 bits per heavy atom. The van der Waals surface area contributed by atoms with Crippen LogP contribution in [0.25, 0.3) is 0 Å². The van der Waals surface area contributed by atoms with Gasteiger partial charge in [0, 0.05) is 45.8 Å². The van der Waals surface area contributed by atoms with Gasteiger partial charge in [0.2, 0.25) is 0 Å². The maximum absolute atomic E-state index is 12.6. The summed E-state index contributed by atoms with van der Waals surface area (Å²) in [6, 6.07) is 5.56. The number of hydrogen-bond donors (Lipinski definition) is 0. The summed E-state index contributed by atoms with van der Waals surface area (Å²) in [6.45, 7) is 5.99. The first-order valence-electron chi connectivity index (χ1n) is 10.7. The summed E-state index contributed by atoms with van der Waals surface area (Å²) in [7, 11) is 4.14. The molecule has 8 nitrogen and oxygen atoms in total. The SMILES string of the molecule is CCOC(=O)CN1CCc2cc(OCCCN(C)C3=NCCCN3C)ccc2C1=O. The van der Waals surface area contributed by atoms with Crippen molar-refractivity contribution in [2.75, 3.05) is 60.0 Å². The van der Waals surface area contributed by atoms with E-state index in [1.165, 1.54) is 0 Å². The molecule has 0 N–H and O–H groups in total. The van der Waals surface area contributed by atoms with E-state index in [0.717, 1.165) is 49.7 Å².